The molecule has 1 aromatic rings. The highest BCUT2D eigenvalue weighted by Gasteiger charge is 1.97. The molecule has 0 aliphatic carbocycles. The second-order valence-electron chi connectivity index (χ2n) is 3.00. The molecule has 1 heterocycles. The molecule has 0 aliphatic heterocycles. The highest BCUT2D eigenvalue weighted by Crippen LogP contribution is 1.95. The van der Waals surface area contributed by atoms with Gasteiger partial charge in [0.2, 0.25) is 0 Å². The maximum absolute atomic E-state index is 10.2. The number of pyridine rings is 1. The fourth-order valence-electron chi connectivity index (χ4n) is 1.07. The molecule has 0 amide bonds. The van der Waals surface area contributed by atoms with E-state index in [0.29, 0.717) is 6.54 Å². The van der Waals surface area contributed by atoms with E-state index in [1.54, 1.807) is 6.20 Å². The fourth-order valence-corrected chi connectivity index (χ4v) is 1.07. The van der Waals surface area contributed by atoms with Crippen LogP contribution in [0, 0.1) is 0 Å². The van der Waals surface area contributed by atoms with E-state index in [0.717, 1.165) is 24.9 Å². The van der Waals surface area contributed by atoms with E-state index in [-0.39, 0.29) is 0 Å². The maximum atomic E-state index is 10.2. The molecule has 0 N–H and O–H groups in total. The van der Waals surface area contributed by atoms with Crippen LogP contribution < -0.4 is 0 Å². The average molecular weight is 178 g/mol. The minimum absolute atomic E-state index is 0.493. The number of hydrogen-bond acceptors (Lipinski definition) is 3. The van der Waals surface area contributed by atoms with Gasteiger partial charge in [-0.3, -0.25) is 9.88 Å². The SMILES string of the molecule is CN(CC=O)CCc1ccccn1. The summed E-state index contributed by atoms with van der Waals surface area (Å²) >= 11 is 0. The summed E-state index contributed by atoms with van der Waals surface area (Å²) in [7, 11) is 1.93. The summed E-state index contributed by atoms with van der Waals surface area (Å²) in [5, 5.41) is 0. The van der Waals surface area contributed by atoms with Crippen molar-refractivity contribution in [3.8, 4) is 0 Å². The van der Waals surface area contributed by atoms with Gasteiger partial charge in [-0.05, 0) is 19.2 Å². The van der Waals surface area contributed by atoms with Gasteiger partial charge in [0.15, 0.2) is 0 Å². The molecular weight excluding hydrogens is 164 g/mol. The fraction of sp³-hybridized carbons (Fsp3) is 0.400. The van der Waals surface area contributed by atoms with E-state index in [2.05, 4.69) is 4.98 Å². The Labute approximate surface area is 78.4 Å². The van der Waals surface area contributed by atoms with Gasteiger partial charge in [-0.25, -0.2) is 0 Å². The first-order chi connectivity index (χ1) is 6.33. The minimum Gasteiger partial charge on any atom is -0.302 e. The normalized spacial score (nSPS) is 10.3. The van der Waals surface area contributed by atoms with Gasteiger partial charge in [-0.1, -0.05) is 6.07 Å². The smallest absolute Gasteiger partial charge is 0.133 e. The van der Waals surface area contributed by atoms with Crippen molar-refractivity contribution in [1.29, 1.82) is 0 Å². The predicted molar refractivity (Wildman–Crippen MR) is 51.5 cm³/mol. The van der Waals surface area contributed by atoms with Crippen LogP contribution in [0.3, 0.4) is 0 Å². The molecule has 0 fully saturated rings. The quantitative estimate of drug-likeness (QED) is 0.624. The lowest BCUT2D eigenvalue weighted by atomic mass is 10.2. The Bertz CT molecular complexity index is 248. The van der Waals surface area contributed by atoms with Crippen molar-refractivity contribution >= 4 is 6.29 Å². The second-order valence-corrected chi connectivity index (χ2v) is 3.00. The number of rotatable bonds is 5. The van der Waals surface area contributed by atoms with E-state index in [9.17, 15) is 4.79 Å². The van der Waals surface area contributed by atoms with Gasteiger partial charge in [0.1, 0.15) is 6.29 Å². The van der Waals surface area contributed by atoms with Crippen molar-refractivity contribution in [2.75, 3.05) is 20.1 Å². The van der Waals surface area contributed by atoms with Gasteiger partial charge in [-0.2, -0.15) is 0 Å². The third-order valence-corrected chi connectivity index (χ3v) is 1.86. The summed E-state index contributed by atoms with van der Waals surface area (Å²) in [6, 6.07) is 5.87. The number of carbonyl (C=O) groups excluding carboxylic acids is 1. The van der Waals surface area contributed by atoms with E-state index >= 15 is 0 Å². The first-order valence-electron chi connectivity index (χ1n) is 4.35. The Morgan fingerprint density at radius 3 is 3.00 bits per heavy atom. The lowest BCUT2D eigenvalue weighted by Gasteiger charge is -2.11. The van der Waals surface area contributed by atoms with Crippen LogP contribution in [0.25, 0.3) is 0 Å². The molecule has 0 unspecified atom stereocenters. The lowest BCUT2D eigenvalue weighted by molar-refractivity contribution is -0.108. The van der Waals surface area contributed by atoms with Gasteiger partial charge in [-0.15, -0.1) is 0 Å². The molecule has 0 bridgehead atoms. The Morgan fingerprint density at radius 2 is 2.38 bits per heavy atom. The van der Waals surface area contributed by atoms with Crippen LogP contribution in [-0.2, 0) is 11.2 Å². The topological polar surface area (TPSA) is 33.2 Å². The molecule has 0 aromatic carbocycles. The number of likely N-dealkylation sites (N-methyl/N-ethyl adjacent to an activating group) is 1. The molecule has 13 heavy (non-hydrogen) atoms. The molecular formula is C10H14N2O. The van der Waals surface area contributed by atoms with Crippen LogP contribution in [0.2, 0.25) is 0 Å². The zero-order valence-corrected chi connectivity index (χ0v) is 7.81. The summed E-state index contributed by atoms with van der Waals surface area (Å²) in [6.07, 6.45) is 3.60. The standard InChI is InChI=1S/C10H14N2O/c1-12(8-9-13)7-5-10-4-2-3-6-11-10/h2-4,6,9H,5,7-8H2,1H3. The summed E-state index contributed by atoms with van der Waals surface area (Å²) in [6.45, 7) is 1.36. The zero-order chi connectivity index (χ0) is 9.52. The molecule has 0 atom stereocenters. The van der Waals surface area contributed by atoms with E-state index < -0.39 is 0 Å². The third-order valence-electron chi connectivity index (χ3n) is 1.86. The summed E-state index contributed by atoms with van der Waals surface area (Å²) < 4.78 is 0. The van der Waals surface area contributed by atoms with Crippen molar-refractivity contribution < 1.29 is 4.79 Å². The molecule has 1 aromatic heterocycles. The Morgan fingerprint density at radius 1 is 1.54 bits per heavy atom. The minimum atomic E-state index is 0.493. The second kappa shape index (κ2) is 5.43. The van der Waals surface area contributed by atoms with Crippen LogP contribution in [0.4, 0.5) is 0 Å². The highest BCUT2D eigenvalue weighted by atomic mass is 16.1. The Hall–Kier alpha value is -1.22. The highest BCUT2D eigenvalue weighted by molar-refractivity contribution is 5.51. The van der Waals surface area contributed by atoms with Crippen molar-refractivity contribution in [3.05, 3.63) is 30.1 Å². The van der Waals surface area contributed by atoms with Gasteiger partial charge in [0.05, 0.1) is 6.54 Å². The first-order valence-corrected chi connectivity index (χ1v) is 4.35. The molecule has 0 spiro atoms. The van der Waals surface area contributed by atoms with Gasteiger partial charge in [0.25, 0.3) is 0 Å². The van der Waals surface area contributed by atoms with Crippen LogP contribution in [0.5, 0.6) is 0 Å². The summed E-state index contributed by atoms with van der Waals surface area (Å²) in [5.41, 5.74) is 1.07. The number of nitrogens with zero attached hydrogens (tertiary/aromatic N) is 2. The van der Waals surface area contributed by atoms with Crippen molar-refractivity contribution in [3.63, 3.8) is 0 Å². The molecule has 0 radical (unpaired) electrons. The third kappa shape index (κ3) is 3.80. The average Bonchev–Trinajstić information content (AvgIpc) is 2.17. The molecule has 0 saturated carbocycles. The first kappa shape index (κ1) is 9.86. The number of carbonyl (C=O) groups is 1. The molecule has 0 saturated heterocycles. The molecule has 1 rings (SSSR count). The van der Waals surface area contributed by atoms with Crippen LogP contribution in [-0.4, -0.2) is 36.3 Å². The summed E-state index contributed by atoms with van der Waals surface area (Å²) in [5.74, 6) is 0. The predicted octanol–water partition coefficient (Wildman–Crippen LogP) is 0.755. The van der Waals surface area contributed by atoms with Crippen LogP contribution in [0.1, 0.15) is 5.69 Å². The molecule has 0 aliphatic rings. The Balaban J connectivity index is 2.30. The summed E-state index contributed by atoms with van der Waals surface area (Å²) in [4.78, 5) is 16.3. The van der Waals surface area contributed by atoms with Crippen molar-refractivity contribution in [1.82, 2.24) is 9.88 Å². The van der Waals surface area contributed by atoms with Gasteiger partial charge < -0.3 is 4.79 Å². The van der Waals surface area contributed by atoms with E-state index in [1.165, 1.54) is 0 Å². The number of hydrogen-bond donors (Lipinski definition) is 0. The van der Waals surface area contributed by atoms with Crippen LogP contribution in [0.15, 0.2) is 24.4 Å². The lowest BCUT2D eigenvalue weighted by Crippen LogP contribution is -2.23. The zero-order valence-electron chi connectivity index (χ0n) is 7.81. The van der Waals surface area contributed by atoms with E-state index in [1.807, 2.05) is 30.1 Å². The molecule has 3 heteroatoms. The number of aromatic nitrogens is 1. The molecule has 70 valence electrons. The van der Waals surface area contributed by atoms with Crippen molar-refractivity contribution in [2.45, 2.75) is 6.42 Å². The van der Waals surface area contributed by atoms with E-state index in [4.69, 9.17) is 0 Å². The maximum Gasteiger partial charge on any atom is 0.133 e. The number of aldehydes is 1. The van der Waals surface area contributed by atoms with Gasteiger partial charge in [0, 0.05) is 24.9 Å². The van der Waals surface area contributed by atoms with Crippen LogP contribution >= 0.6 is 0 Å². The monoisotopic (exact) mass is 178 g/mol. The van der Waals surface area contributed by atoms with Gasteiger partial charge >= 0.3 is 0 Å². The van der Waals surface area contributed by atoms with Crippen molar-refractivity contribution in [2.24, 2.45) is 0 Å². The molecule has 3 nitrogen and oxygen atoms in total. The Kier molecular flexibility index (Phi) is 4.12. The largest absolute Gasteiger partial charge is 0.302 e.